The van der Waals surface area contributed by atoms with Gasteiger partial charge in [0.15, 0.2) is 5.65 Å². The summed E-state index contributed by atoms with van der Waals surface area (Å²) in [5.74, 6) is 1.25. The van der Waals surface area contributed by atoms with Gasteiger partial charge in [-0.2, -0.15) is 0 Å². The number of nitrogens with two attached hydrogens (primary N) is 1. The summed E-state index contributed by atoms with van der Waals surface area (Å²) in [7, 11) is 0. The molecule has 2 heterocycles. The Morgan fingerprint density at radius 2 is 2.06 bits per heavy atom. The van der Waals surface area contributed by atoms with Crippen molar-refractivity contribution in [3.05, 3.63) is 16.7 Å². The smallest absolute Gasteiger partial charge is 0.202 e. The second kappa shape index (κ2) is 5.26. The van der Waals surface area contributed by atoms with Crippen LogP contribution in [0, 0.1) is 5.92 Å². The summed E-state index contributed by atoms with van der Waals surface area (Å²) in [6, 6.07) is 2.27. The van der Waals surface area contributed by atoms with Crippen LogP contribution in [0.2, 0.25) is 0 Å². The summed E-state index contributed by atoms with van der Waals surface area (Å²) in [5, 5.41) is 0. The van der Waals surface area contributed by atoms with Gasteiger partial charge in [-0.05, 0) is 47.7 Å². The topological polar surface area (TPSA) is 56.7 Å². The summed E-state index contributed by atoms with van der Waals surface area (Å²) in [6.07, 6.45) is 4.05. The van der Waals surface area contributed by atoms with Crippen LogP contribution in [0.25, 0.3) is 11.2 Å². The molecule has 0 radical (unpaired) electrons. The Balaban J connectivity index is 2.34. The summed E-state index contributed by atoms with van der Waals surface area (Å²) >= 11 is 3.40. The minimum Gasteiger partial charge on any atom is -0.369 e. The molecule has 0 saturated heterocycles. The lowest BCUT2D eigenvalue weighted by atomic mass is 10.0. The molecule has 0 saturated carbocycles. The Morgan fingerprint density at radius 3 is 2.72 bits per heavy atom. The molecule has 2 aromatic rings. The summed E-state index contributed by atoms with van der Waals surface area (Å²) in [6.45, 7) is 6.64. The number of hydrogen-bond acceptors (Lipinski definition) is 3. The van der Waals surface area contributed by atoms with E-state index in [0.29, 0.717) is 17.9 Å². The van der Waals surface area contributed by atoms with Crippen LogP contribution in [0.5, 0.6) is 0 Å². The van der Waals surface area contributed by atoms with Crippen molar-refractivity contribution in [1.82, 2.24) is 14.5 Å². The average Bonchev–Trinajstić information content (AvgIpc) is 2.61. The molecule has 18 heavy (non-hydrogen) atoms. The van der Waals surface area contributed by atoms with E-state index in [0.717, 1.165) is 22.1 Å². The molecule has 0 aliphatic carbocycles. The van der Waals surface area contributed by atoms with Gasteiger partial charge in [-0.15, -0.1) is 0 Å². The normalized spacial score (nSPS) is 13.4. The molecule has 2 rings (SSSR count). The maximum Gasteiger partial charge on any atom is 0.202 e. The van der Waals surface area contributed by atoms with E-state index in [9.17, 15) is 0 Å². The summed E-state index contributed by atoms with van der Waals surface area (Å²) in [5.41, 5.74) is 7.72. The van der Waals surface area contributed by atoms with Crippen LogP contribution in [0.3, 0.4) is 0 Å². The van der Waals surface area contributed by atoms with Gasteiger partial charge in [0.25, 0.3) is 0 Å². The maximum absolute atomic E-state index is 6.01. The highest BCUT2D eigenvalue weighted by atomic mass is 79.9. The number of imidazole rings is 1. The van der Waals surface area contributed by atoms with Gasteiger partial charge in [0.05, 0.1) is 0 Å². The minimum absolute atomic E-state index is 0.325. The zero-order valence-corrected chi connectivity index (χ0v) is 12.6. The molecule has 0 aliphatic heterocycles. The Morgan fingerprint density at radius 1 is 1.33 bits per heavy atom. The molecule has 0 aromatic carbocycles. The first-order chi connectivity index (χ1) is 8.49. The van der Waals surface area contributed by atoms with Crippen LogP contribution in [0.4, 0.5) is 5.95 Å². The van der Waals surface area contributed by atoms with E-state index in [1.54, 1.807) is 6.20 Å². The number of pyridine rings is 1. The number of hydrogen-bond donors (Lipinski definition) is 1. The SMILES string of the molecule is CC(C)CCC(C)n1c(N)nc2cc(Br)cnc21. The lowest BCUT2D eigenvalue weighted by Gasteiger charge is -2.16. The lowest BCUT2D eigenvalue weighted by Crippen LogP contribution is -2.10. The van der Waals surface area contributed by atoms with Gasteiger partial charge in [-0.25, -0.2) is 9.97 Å². The quantitative estimate of drug-likeness (QED) is 0.935. The van der Waals surface area contributed by atoms with Gasteiger partial charge >= 0.3 is 0 Å². The van der Waals surface area contributed by atoms with E-state index in [1.807, 2.05) is 10.6 Å². The molecule has 0 bridgehead atoms. The van der Waals surface area contributed by atoms with Crippen LogP contribution < -0.4 is 5.73 Å². The number of anilines is 1. The molecule has 2 N–H and O–H groups in total. The third kappa shape index (κ3) is 2.66. The van der Waals surface area contributed by atoms with Crippen molar-refractivity contribution >= 4 is 33.0 Å². The van der Waals surface area contributed by atoms with Crippen molar-refractivity contribution in [2.75, 3.05) is 5.73 Å². The zero-order valence-electron chi connectivity index (χ0n) is 11.0. The first-order valence-corrected chi connectivity index (χ1v) is 7.07. The van der Waals surface area contributed by atoms with E-state index in [-0.39, 0.29) is 0 Å². The number of nitrogen functional groups attached to an aromatic ring is 1. The molecule has 4 nitrogen and oxygen atoms in total. The largest absolute Gasteiger partial charge is 0.369 e. The number of rotatable bonds is 4. The molecule has 5 heteroatoms. The van der Waals surface area contributed by atoms with Crippen LogP contribution in [0.1, 0.15) is 39.7 Å². The van der Waals surface area contributed by atoms with Crippen molar-refractivity contribution in [3.8, 4) is 0 Å². The molecule has 98 valence electrons. The Hall–Kier alpha value is -1.10. The second-order valence-electron chi connectivity index (χ2n) is 5.16. The standard InChI is InChI=1S/C13H19BrN4/c1-8(2)4-5-9(3)18-12-11(17-13(18)15)6-10(14)7-16-12/h6-9H,4-5H2,1-3H3,(H2,15,17). The van der Waals surface area contributed by atoms with Gasteiger partial charge in [0.2, 0.25) is 5.95 Å². The number of aromatic nitrogens is 3. The van der Waals surface area contributed by atoms with Crippen LogP contribution >= 0.6 is 15.9 Å². The van der Waals surface area contributed by atoms with Gasteiger partial charge in [0.1, 0.15) is 5.52 Å². The summed E-state index contributed by atoms with van der Waals surface area (Å²) in [4.78, 5) is 8.79. The fraction of sp³-hybridized carbons (Fsp3) is 0.538. The second-order valence-corrected chi connectivity index (χ2v) is 6.07. The zero-order chi connectivity index (χ0) is 13.3. The minimum atomic E-state index is 0.325. The highest BCUT2D eigenvalue weighted by Crippen LogP contribution is 2.26. The molecule has 2 aromatic heterocycles. The molecule has 0 aliphatic rings. The van der Waals surface area contributed by atoms with Crippen LogP contribution in [0.15, 0.2) is 16.7 Å². The monoisotopic (exact) mass is 310 g/mol. The Bertz CT molecular complexity index is 547. The highest BCUT2D eigenvalue weighted by Gasteiger charge is 2.15. The van der Waals surface area contributed by atoms with Crippen molar-refractivity contribution in [3.63, 3.8) is 0 Å². The van der Waals surface area contributed by atoms with Crippen molar-refractivity contribution in [2.24, 2.45) is 5.92 Å². The molecule has 0 spiro atoms. The molecule has 0 fully saturated rings. The highest BCUT2D eigenvalue weighted by molar-refractivity contribution is 9.10. The van der Waals surface area contributed by atoms with Gasteiger partial charge in [-0.3, -0.25) is 4.57 Å². The molecule has 1 atom stereocenters. The number of halogens is 1. The molecular weight excluding hydrogens is 292 g/mol. The number of fused-ring (bicyclic) bond motifs is 1. The summed E-state index contributed by atoms with van der Waals surface area (Å²) < 4.78 is 2.96. The van der Waals surface area contributed by atoms with Gasteiger partial charge in [0, 0.05) is 16.7 Å². The lowest BCUT2D eigenvalue weighted by molar-refractivity contribution is 0.448. The van der Waals surface area contributed by atoms with E-state index in [4.69, 9.17) is 5.73 Å². The Labute approximate surface area is 116 Å². The predicted molar refractivity (Wildman–Crippen MR) is 78.4 cm³/mol. The Kier molecular flexibility index (Phi) is 3.90. The van der Waals surface area contributed by atoms with E-state index in [2.05, 4.69) is 46.7 Å². The van der Waals surface area contributed by atoms with E-state index >= 15 is 0 Å². The average molecular weight is 311 g/mol. The molecular formula is C13H19BrN4. The van der Waals surface area contributed by atoms with E-state index < -0.39 is 0 Å². The predicted octanol–water partition coefficient (Wildman–Crippen LogP) is 3.77. The fourth-order valence-corrected chi connectivity index (χ4v) is 2.43. The van der Waals surface area contributed by atoms with Crippen molar-refractivity contribution in [1.29, 1.82) is 0 Å². The first-order valence-electron chi connectivity index (χ1n) is 6.28. The van der Waals surface area contributed by atoms with Crippen LogP contribution in [-0.2, 0) is 0 Å². The van der Waals surface area contributed by atoms with Gasteiger partial charge < -0.3 is 5.73 Å². The third-order valence-electron chi connectivity index (χ3n) is 3.13. The molecule has 0 amide bonds. The first kappa shape index (κ1) is 13.3. The maximum atomic E-state index is 6.01. The number of nitrogens with zero attached hydrogens (tertiary/aromatic N) is 3. The van der Waals surface area contributed by atoms with E-state index in [1.165, 1.54) is 6.42 Å². The molecule has 1 unspecified atom stereocenters. The van der Waals surface area contributed by atoms with Crippen LogP contribution in [-0.4, -0.2) is 14.5 Å². The fourth-order valence-electron chi connectivity index (χ4n) is 2.11. The van der Waals surface area contributed by atoms with Crippen molar-refractivity contribution < 1.29 is 0 Å². The third-order valence-corrected chi connectivity index (χ3v) is 3.56. The van der Waals surface area contributed by atoms with Gasteiger partial charge in [-0.1, -0.05) is 13.8 Å². The van der Waals surface area contributed by atoms with Crippen molar-refractivity contribution in [2.45, 2.75) is 39.7 Å².